The molecule has 2 heterocycles. The molecule has 2 aromatic rings. The van der Waals surface area contributed by atoms with Crippen LogP contribution in [-0.4, -0.2) is 22.5 Å². The summed E-state index contributed by atoms with van der Waals surface area (Å²) in [6.45, 7) is 1.98. The summed E-state index contributed by atoms with van der Waals surface area (Å²) in [5.41, 5.74) is 1.30. The zero-order valence-electron chi connectivity index (χ0n) is 10.6. The lowest BCUT2D eigenvalue weighted by atomic mass is 9.87. The van der Waals surface area contributed by atoms with Crippen molar-refractivity contribution in [2.24, 2.45) is 0 Å². The van der Waals surface area contributed by atoms with E-state index in [4.69, 9.17) is 0 Å². The van der Waals surface area contributed by atoms with Crippen LogP contribution in [0, 0.1) is 0 Å². The summed E-state index contributed by atoms with van der Waals surface area (Å²) in [7, 11) is 0. The Morgan fingerprint density at radius 2 is 2.42 bits per heavy atom. The number of aromatic nitrogens is 2. The van der Waals surface area contributed by atoms with E-state index in [1.807, 2.05) is 0 Å². The number of nitrogens with one attached hydrogen (secondary N) is 1. The van der Waals surface area contributed by atoms with Crippen LogP contribution in [0.1, 0.15) is 36.1 Å². The molecule has 3 rings (SSSR count). The molecular weight excluding hydrogens is 262 g/mol. The van der Waals surface area contributed by atoms with E-state index >= 15 is 0 Å². The fourth-order valence-corrected chi connectivity index (χ4v) is 4.01. The molecule has 0 fully saturated rings. The maximum absolute atomic E-state index is 10.6. The largest absolute Gasteiger partial charge is 0.548 e. The molecule has 0 aliphatic heterocycles. The molecule has 0 radical (unpaired) electrons. The van der Waals surface area contributed by atoms with E-state index in [9.17, 15) is 9.90 Å². The second-order valence-corrected chi connectivity index (χ2v) is 5.94. The third-order valence-corrected chi connectivity index (χ3v) is 4.71. The summed E-state index contributed by atoms with van der Waals surface area (Å²) in [6, 6.07) is 0. The minimum absolute atomic E-state index is 0.231. The van der Waals surface area contributed by atoms with Crippen LogP contribution in [-0.2, 0) is 11.2 Å². The average molecular weight is 276 g/mol. The van der Waals surface area contributed by atoms with Crippen molar-refractivity contribution in [1.29, 1.82) is 0 Å². The highest BCUT2D eigenvalue weighted by molar-refractivity contribution is 7.19. The Morgan fingerprint density at radius 3 is 3.21 bits per heavy atom. The minimum atomic E-state index is -1.14. The predicted molar refractivity (Wildman–Crippen MR) is 72.3 cm³/mol. The first-order valence-corrected chi connectivity index (χ1v) is 7.18. The normalized spacial score (nSPS) is 18.3. The summed E-state index contributed by atoms with van der Waals surface area (Å²) >= 11 is 1.70. The minimum Gasteiger partial charge on any atom is -0.548 e. The fraction of sp³-hybridized carbons (Fsp3) is 0.462. The molecule has 0 aromatic carbocycles. The van der Waals surface area contributed by atoms with E-state index < -0.39 is 5.97 Å². The molecule has 19 heavy (non-hydrogen) atoms. The lowest BCUT2D eigenvalue weighted by molar-refractivity contribution is -0.302. The second kappa shape index (κ2) is 4.77. The second-order valence-electron chi connectivity index (χ2n) is 4.86. The van der Waals surface area contributed by atoms with E-state index in [1.165, 1.54) is 23.2 Å². The Bertz CT molecular complexity index is 638. The monoisotopic (exact) mass is 276 g/mol. The Kier molecular flexibility index (Phi) is 3.10. The molecule has 0 amide bonds. The van der Waals surface area contributed by atoms with Gasteiger partial charge in [-0.3, -0.25) is 0 Å². The van der Waals surface area contributed by atoms with Gasteiger partial charge in [-0.25, -0.2) is 9.97 Å². The molecule has 6 heteroatoms. The van der Waals surface area contributed by atoms with Crippen LogP contribution < -0.4 is 10.4 Å². The maximum atomic E-state index is 10.6. The number of thiophene rings is 1. The van der Waals surface area contributed by atoms with Gasteiger partial charge >= 0.3 is 0 Å². The number of rotatable bonds is 3. The average Bonchev–Trinajstić information content (AvgIpc) is 2.76. The van der Waals surface area contributed by atoms with Gasteiger partial charge in [-0.15, -0.1) is 11.3 Å². The van der Waals surface area contributed by atoms with Crippen molar-refractivity contribution in [3.63, 3.8) is 0 Å². The van der Waals surface area contributed by atoms with Crippen molar-refractivity contribution in [2.45, 2.75) is 32.1 Å². The molecule has 0 saturated carbocycles. The van der Waals surface area contributed by atoms with Crippen molar-refractivity contribution in [1.82, 2.24) is 9.97 Å². The number of fused-ring (bicyclic) bond motifs is 3. The van der Waals surface area contributed by atoms with Gasteiger partial charge in [-0.05, 0) is 30.7 Å². The Hall–Kier alpha value is -1.69. The van der Waals surface area contributed by atoms with Gasteiger partial charge in [0.25, 0.3) is 0 Å². The summed E-state index contributed by atoms with van der Waals surface area (Å²) < 4.78 is 0. The van der Waals surface area contributed by atoms with Crippen molar-refractivity contribution in [2.75, 3.05) is 11.9 Å². The fourth-order valence-electron chi connectivity index (χ4n) is 2.71. The van der Waals surface area contributed by atoms with Gasteiger partial charge in [0.05, 0.1) is 17.9 Å². The summed E-state index contributed by atoms with van der Waals surface area (Å²) in [6.07, 6.45) is 4.93. The molecule has 0 saturated heterocycles. The third kappa shape index (κ3) is 2.16. The Morgan fingerprint density at radius 1 is 1.58 bits per heavy atom. The zero-order valence-corrected chi connectivity index (χ0v) is 11.4. The molecular formula is C13H14N3O2S-. The number of carbonyl (C=O) groups is 1. The molecule has 1 atom stereocenters. The highest BCUT2D eigenvalue weighted by atomic mass is 32.1. The van der Waals surface area contributed by atoms with Crippen molar-refractivity contribution in [3.8, 4) is 0 Å². The maximum Gasteiger partial charge on any atom is 0.138 e. The van der Waals surface area contributed by atoms with Crippen molar-refractivity contribution < 1.29 is 9.90 Å². The molecule has 1 aliphatic rings. The number of carboxylic acids is 1. The van der Waals surface area contributed by atoms with Gasteiger partial charge in [0.15, 0.2) is 0 Å². The van der Waals surface area contributed by atoms with Crippen LogP contribution in [0.5, 0.6) is 0 Å². The first-order valence-electron chi connectivity index (χ1n) is 6.37. The van der Waals surface area contributed by atoms with Gasteiger partial charge in [0, 0.05) is 4.88 Å². The highest BCUT2D eigenvalue weighted by Gasteiger charge is 2.24. The van der Waals surface area contributed by atoms with Crippen LogP contribution in [0.2, 0.25) is 0 Å². The number of aliphatic carboxylic acids is 1. The SMILES string of the molecule is C[C@@H]1CCCc2sc3ncnc(NCC(=O)[O-])c3c21. The van der Waals surface area contributed by atoms with Crippen LogP contribution in [0.4, 0.5) is 5.82 Å². The highest BCUT2D eigenvalue weighted by Crippen LogP contribution is 2.43. The van der Waals surface area contributed by atoms with E-state index in [1.54, 1.807) is 11.3 Å². The van der Waals surface area contributed by atoms with Gasteiger partial charge in [0.1, 0.15) is 17.0 Å². The van der Waals surface area contributed by atoms with Gasteiger partial charge in [0.2, 0.25) is 0 Å². The number of anilines is 1. The number of carboxylic acid groups (broad SMARTS) is 1. The summed E-state index contributed by atoms with van der Waals surface area (Å²) in [5, 5.41) is 14.4. The van der Waals surface area contributed by atoms with E-state index in [0.29, 0.717) is 11.7 Å². The predicted octanol–water partition coefficient (Wildman–Crippen LogP) is 1.29. The van der Waals surface area contributed by atoms with Crippen molar-refractivity contribution >= 4 is 33.3 Å². The van der Waals surface area contributed by atoms with Gasteiger partial charge < -0.3 is 15.2 Å². The Labute approximate surface area is 114 Å². The Balaban J connectivity index is 2.12. The van der Waals surface area contributed by atoms with Crippen LogP contribution in [0.3, 0.4) is 0 Å². The molecule has 0 spiro atoms. The summed E-state index contributed by atoms with van der Waals surface area (Å²) in [4.78, 5) is 21.4. The van der Waals surface area contributed by atoms with Crippen LogP contribution in [0.15, 0.2) is 6.33 Å². The van der Waals surface area contributed by atoms with E-state index in [2.05, 4.69) is 22.2 Å². The molecule has 1 N–H and O–H groups in total. The topological polar surface area (TPSA) is 77.9 Å². The van der Waals surface area contributed by atoms with Gasteiger partial charge in [-0.1, -0.05) is 6.92 Å². The summed E-state index contributed by atoms with van der Waals surface area (Å²) in [5.74, 6) is -0.0450. The quantitative estimate of drug-likeness (QED) is 0.914. The van der Waals surface area contributed by atoms with Gasteiger partial charge in [-0.2, -0.15) is 0 Å². The first-order chi connectivity index (χ1) is 9.16. The number of nitrogens with zero attached hydrogens (tertiary/aromatic N) is 2. The zero-order chi connectivity index (χ0) is 13.4. The lowest BCUT2D eigenvalue weighted by Gasteiger charge is -2.19. The standard InChI is InChI=1S/C13H15N3O2S/c1-7-3-2-4-8-10(7)11-12(14-5-9(17)18)15-6-16-13(11)19-8/h6-7H,2-5H2,1H3,(H,17,18)(H,14,15,16)/p-1/t7-/m1/s1. The lowest BCUT2D eigenvalue weighted by Crippen LogP contribution is -2.30. The third-order valence-electron chi connectivity index (χ3n) is 3.54. The number of hydrogen-bond acceptors (Lipinski definition) is 6. The molecule has 0 unspecified atom stereocenters. The first kappa shape index (κ1) is 12.3. The van der Waals surface area contributed by atoms with Crippen LogP contribution in [0.25, 0.3) is 10.2 Å². The molecule has 2 aromatic heterocycles. The number of hydrogen-bond donors (Lipinski definition) is 1. The molecule has 5 nitrogen and oxygen atoms in total. The van der Waals surface area contributed by atoms with E-state index in [0.717, 1.165) is 23.1 Å². The molecule has 1 aliphatic carbocycles. The molecule has 100 valence electrons. The van der Waals surface area contributed by atoms with E-state index in [-0.39, 0.29) is 6.54 Å². The molecule has 0 bridgehead atoms. The number of aryl methyl sites for hydroxylation is 1. The number of carbonyl (C=O) groups excluding carboxylic acids is 1. The smallest absolute Gasteiger partial charge is 0.138 e. The van der Waals surface area contributed by atoms with Crippen molar-refractivity contribution in [3.05, 3.63) is 16.8 Å². The van der Waals surface area contributed by atoms with Crippen LogP contribution >= 0.6 is 11.3 Å².